The molecule has 2 heterocycles. The van der Waals surface area contributed by atoms with Gasteiger partial charge in [0, 0.05) is 32.4 Å². The Morgan fingerprint density at radius 3 is 2.53 bits per heavy atom. The van der Waals surface area contributed by atoms with Crippen molar-refractivity contribution in [3.05, 3.63) is 12.5 Å². The summed E-state index contributed by atoms with van der Waals surface area (Å²) in [4.78, 5) is 3.87. The molecule has 1 saturated heterocycles. The average Bonchev–Trinajstić information content (AvgIpc) is 2.75. The molecule has 1 aromatic heterocycles. The Hall–Kier alpha value is -0.630. The lowest BCUT2D eigenvalue weighted by atomic mass is 10.1. The van der Waals surface area contributed by atoms with Crippen LogP contribution >= 0.6 is 12.4 Å². The van der Waals surface area contributed by atoms with Crippen molar-refractivity contribution in [1.82, 2.24) is 13.9 Å². The second kappa shape index (κ2) is 4.93. The van der Waals surface area contributed by atoms with E-state index in [4.69, 9.17) is 5.73 Å². The number of hydrogen-bond donors (Lipinski definition) is 1. The fourth-order valence-corrected chi connectivity index (χ4v) is 3.34. The van der Waals surface area contributed by atoms with Crippen LogP contribution in [-0.2, 0) is 17.1 Å². The first kappa shape index (κ1) is 14.4. The first-order valence-corrected chi connectivity index (χ1v) is 6.59. The van der Waals surface area contributed by atoms with Crippen molar-refractivity contribution in [2.24, 2.45) is 18.7 Å². The minimum absolute atomic E-state index is 0. The second-order valence-corrected chi connectivity index (χ2v) is 6.23. The normalized spacial score (nSPS) is 25.8. The SMILES string of the molecule is CC1CN(S(=O)(=O)c2cn(C)cn2)CC1N.Cl. The number of aromatic nitrogens is 2. The third kappa shape index (κ3) is 2.62. The van der Waals surface area contributed by atoms with Gasteiger partial charge in [-0.3, -0.25) is 0 Å². The highest BCUT2D eigenvalue weighted by atomic mass is 35.5. The standard InChI is InChI=1S/C9H16N4O2S.ClH/c1-7-3-13(4-8(7)10)16(14,15)9-5-12(2)6-11-9;/h5-8H,3-4,10H2,1-2H3;1H. The van der Waals surface area contributed by atoms with Gasteiger partial charge in [-0.2, -0.15) is 4.31 Å². The molecule has 0 radical (unpaired) electrons. The second-order valence-electron chi connectivity index (χ2n) is 4.34. The van der Waals surface area contributed by atoms with Gasteiger partial charge in [0.2, 0.25) is 0 Å². The quantitative estimate of drug-likeness (QED) is 0.814. The topological polar surface area (TPSA) is 81.2 Å². The first-order valence-electron chi connectivity index (χ1n) is 5.15. The van der Waals surface area contributed by atoms with Crippen molar-refractivity contribution in [3.8, 4) is 0 Å². The summed E-state index contributed by atoms with van der Waals surface area (Å²) in [6, 6.07) is -0.0847. The fraction of sp³-hybridized carbons (Fsp3) is 0.667. The van der Waals surface area contributed by atoms with Crippen LogP contribution in [0.2, 0.25) is 0 Å². The van der Waals surface area contributed by atoms with E-state index in [-0.39, 0.29) is 29.4 Å². The van der Waals surface area contributed by atoms with Crippen LogP contribution < -0.4 is 5.73 Å². The van der Waals surface area contributed by atoms with Crippen LogP contribution in [0.1, 0.15) is 6.92 Å². The van der Waals surface area contributed by atoms with Gasteiger partial charge in [-0.05, 0) is 5.92 Å². The molecule has 2 atom stereocenters. The summed E-state index contributed by atoms with van der Waals surface area (Å²) in [5.41, 5.74) is 5.82. The molecule has 1 aromatic rings. The molecule has 98 valence electrons. The molecule has 1 aliphatic heterocycles. The van der Waals surface area contributed by atoms with Gasteiger partial charge in [0.15, 0.2) is 5.03 Å². The van der Waals surface area contributed by atoms with E-state index in [0.717, 1.165) is 0 Å². The van der Waals surface area contributed by atoms with E-state index in [0.29, 0.717) is 13.1 Å². The Morgan fingerprint density at radius 2 is 2.12 bits per heavy atom. The van der Waals surface area contributed by atoms with E-state index in [1.54, 1.807) is 11.6 Å². The third-order valence-electron chi connectivity index (χ3n) is 2.92. The van der Waals surface area contributed by atoms with Gasteiger partial charge in [0.1, 0.15) is 0 Å². The van der Waals surface area contributed by atoms with Crippen molar-refractivity contribution in [1.29, 1.82) is 0 Å². The maximum absolute atomic E-state index is 12.1. The Kier molecular flexibility index (Phi) is 4.19. The number of hydrogen-bond acceptors (Lipinski definition) is 4. The third-order valence-corrected chi connectivity index (χ3v) is 4.64. The average molecular weight is 281 g/mol. The van der Waals surface area contributed by atoms with E-state index in [1.165, 1.54) is 16.8 Å². The zero-order valence-electron chi connectivity index (χ0n) is 9.78. The van der Waals surface area contributed by atoms with Gasteiger partial charge in [-0.25, -0.2) is 13.4 Å². The molecule has 2 rings (SSSR count). The number of aryl methyl sites for hydroxylation is 1. The van der Waals surface area contributed by atoms with Gasteiger partial charge < -0.3 is 10.3 Å². The van der Waals surface area contributed by atoms with Crippen molar-refractivity contribution in [2.75, 3.05) is 13.1 Å². The molecule has 0 aliphatic carbocycles. The van der Waals surface area contributed by atoms with Gasteiger partial charge in [-0.1, -0.05) is 6.92 Å². The van der Waals surface area contributed by atoms with Gasteiger partial charge >= 0.3 is 0 Å². The number of sulfonamides is 1. The molecular formula is C9H17ClN4O2S. The number of nitrogens with two attached hydrogens (primary N) is 1. The maximum atomic E-state index is 12.1. The first-order chi connectivity index (χ1) is 7.41. The lowest BCUT2D eigenvalue weighted by molar-refractivity contribution is 0.462. The number of nitrogens with zero attached hydrogens (tertiary/aromatic N) is 3. The number of rotatable bonds is 2. The number of imidazole rings is 1. The minimum Gasteiger partial charge on any atom is -0.339 e. The predicted octanol–water partition coefficient (Wildman–Crippen LogP) is -0.190. The highest BCUT2D eigenvalue weighted by Crippen LogP contribution is 2.22. The van der Waals surface area contributed by atoms with Crippen LogP contribution in [0.25, 0.3) is 0 Å². The summed E-state index contributed by atoms with van der Waals surface area (Å²) in [5.74, 6) is 0.193. The van der Waals surface area contributed by atoms with Crippen molar-refractivity contribution in [2.45, 2.75) is 18.0 Å². The van der Waals surface area contributed by atoms with Crippen LogP contribution in [0.4, 0.5) is 0 Å². The van der Waals surface area contributed by atoms with Crippen molar-refractivity contribution >= 4 is 22.4 Å². The molecule has 2 unspecified atom stereocenters. The Morgan fingerprint density at radius 1 is 1.47 bits per heavy atom. The zero-order valence-corrected chi connectivity index (χ0v) is 11.4. The van der Waals surface area contributed by atoms with E-state index in [1.807, 2.05) is 6.92 Å². The summed E-state index contributed by atoms with van der Waals surface area (Å²) >= 11 is 0. The van der Waals surface area contributed by atoms with Crippen LogP contribution in [0.15, 0.2) is 17.6 Å². The van der Waals surface area contributed by atoms with E-state index < -0.39 is 10.0 Å². The molecule has 0 amide bonds. The molecule has 0 bridgehead atoms. The molecule has 2 N–H and O–H groups in total. The molecular weight excluding hydrogens is 264 g/mol. The molecule has 1 aliphatic rings. The molecule has 0 aromatic carbocycles. The molecule has 17 heavy (non-hydrogen) atoms. The lowest BCUT2D eigenvalue weighted by Gasteiger charge is -2.13. The van der Waals surface area contributed by atoms with Gasteiger partial charge in [0.25, 0.3) is 10.0 Å². The van der Waals surface area contributed by atoms with Gasteiger partial charge in [-0.15, -0.1) is 12.4 Å². The largest absolute Gasteiger partial charge is 0.339 e. The zero-order chi connectivity index (χ0) is 11.9. The summed E-state index contributed by atoms with van der Waals surface area (Å²) in [5, 5.41) is 0.0938. The molecule has 0 spiro atoms. The van der Waals surface area contributed by atoms with Crippen LogP contribution in [-0.4, -0.2) is 41.4 Å². The fourth-order valence-electron chi connectivity index (χ4n) is 1.80. The Bertz CT molecular complexity index is 477. The molecule has 8 heteroatoms. The monoisotopic (exact) mass is 280 g/mol. The van der Waals surface area contributed by atoms with Crippen LogP contribution in [0.3, 0.4) is 0 Å². The maximum Gasteiger partial charge on any atom is 0.262 e. The predicted molar refractivity (Wildman–Crippen MR) is 66.4 cm³/mol. The smallest absolute Gasteiger partial charge is 0.262 e. The summed E-state index contributed by atoms with van der Waals surface area (Å²) < 4.78 is 27.3. The van der Waals surface area contributed by atoms with Crippen LogP contribution in [0.5, 0.6) is 0 Å². The Balaban J connectivity index is 0.00000144. The van der Waals surface area contributed by atoms with E-state index >= 15 is 0 Å². The van der Waals surface area contributed by atoms with E-state index in [2.05, 4.69) is 4.98 Å². The molecule has 1 fully saturated rings. The highest BCUT2D eigenvalue weighted by molar-refractivity contribution is 7.89. The molecule has 6 nitrogen and oxygen atoms in total. The number of halogens is 1. The molecule has 0 saturated carbocycles. The van der Waals surface area contributed by atoms with E-state index in [9.17, 15) is 8.42 Å². The summed E-state index contributed by atoms with van der Waals surface area (Å²) in [7, 11) is -1.72. The van der Waals surface area contributed by atoms with Crippen LogP contribution in [0, 0.1) is 5.92 Å². The summed E-state index contributed by atoms with van der Waals surface area (Å²) in [6.07, 6.45) is 2.98. The van der Waals surface area contributed by atoms with Crippen molar-refractivity contribution < 1.29 is 8.42 Å². The highest BCUT2D eigenvalue weighted by Gasteiger charge is 2.36. The van der Waals surface area contributed by atoms with Gasteiger partial charge in [0.05, 0.1) is 6.33 Å². The lowest BCUT2D eigenvalue weighted by Crippen LogP contribution is -2.32. The summed E-state index contributed by atoms with van der Waals surface area (Å²) in [6.45, 7) is 2.80. The van der Waals surface area contributed by atoms with Crippen molar-refractivity contribution in [3.63, 3.8) is 0 Å². The Labute approximate surface area is 107 Å². The minimum atomic E-state index is -3.46.